The van der Waals surface area contributed by atoms with Crippen LogP contribution in [-0.4, -0.2) is 60.8 Å². The lowest BCUT2D eigenvalue weighted by atomic mass is 10.0. The summed E-state index contributed by atoms with van der Waals surface area (Å²) in [6.45, 7) is 2.44. The molecule has 0 bridgehead atoms. The molecule has 2 aromatic rings. The fourth-order valence-corrected chi connectivity index (χ4v) is 3.87. The zero-order valence-electron chi connectivity index (χ0n) is 16.5. The molecule has 0 N–H and O–H groups in total. The van der Waals surface area contributed by atoms with E-state index in [2.05, 4.69) is 16.0 Å². The van der Waals surface area contributed by atoms with Gasteiger partial charge < -0.3 is 19.3 Å². The molecule has 2 fully saturated rings. The summed E-state index contributed by atoms with van der Waals surface area (Å²) >= 11 is 0. The van der Waals surface area contributed by atoms with Crippen molar-refractivity contribution in [3.8, 4) is 11.8 Å². The number of aromatic nitrogens is 1. The lowest BCUT2D eigenvalue weighted by Gasteiger charge is -2.42. The number of hydrogen-bond acceptors (Lipinski definition) is 6. The second kappa shape index (κ2) is 9.09. The third-order valence-electron chi connectivity index (χ3n) is 5.52. The number of ether oxygens (including phenoxy) is 2. The van der Waals surface area contributed by atoms with E-state index in [1.807, 2.05) is 11.0 Å². The molecule has 8 heteroatoms. The maximum absolute atomic E-state index is 13.0. The monoisotopic (exact) mass is 410 g/mol. The Bertz CT molecular complexity index is 905. The van der Waals surface area contributed by atoms with Crippen molar-refractivity contribution >= 4 is 11.7 Å². The molecule has 1 aromatic heterocycles. The van der Waals surface area contributed by atoms with Crippen LogP contribution in [0.25, 0.3) is 0 Å². The third-order valence-corrected chi connectivity index (χ3v) is 5.52. The second-order valence-corrected chi connectivity index (χ2v) is 7.48. The van der Waals surface area contributed by atoms with Crippen molar-refractivity contribution in [2.75, 3.05) is 37.7 Å². The number of morpholine rings is 1. The van der Waals surface area contributed by atoms with Gasteiger partial charge in [0, 0.05) is 25.3 Å². The van der Waals surface area contributed by atoms with Gasteiger partial charge in [-0.25, -0.2) is 9.37 Å². The molecule has 30 heavy (non-hydrogen) atoms. The topological polar surface area (TPSA) is 78.7 Å². The van der Waals surface area contributed by atoms with Crippen molar-refractivity contribution < 1.29 is 18.7 Å². The Labute approximate surface area is 174 Å². The zero-order chi connectivity index (χ0) is 20.9. The lowest BCUT2D eigenvalue weighted by Crippen LogP contribution is -2.55. The maximum atomic E-state index is 13.0. The van der Waals surface area contributed by atoms with E-state index >= 15 is 0 Å². The van der Waals surface area contributed by atoms with Crippen molar-refractivity contribution in [2.45, 2.75) is 25.0 Å². The molecular weight excluding hydrogens is 387 g/mol. The van der Waals surface area contributed by atoms with Gasteiger partial charge in [0.25, 0.3) is 0 Å². The van der Waals surface area contributed by atoms with Crippen LogP contribution in [0.15, 0.2) is 42.6 Å². The van der Waals surface area contributed by atoms with E-state index in [0.29, 0.717) is 24.5 Å². The molecule has 0 saturated carbocycles. The van der Waals surface area contributed by atoms with E-state index < -0.39 is 0 Å². The Morgan fingerprint density at radius 1 is 1.20 bits per heavy atom. The molecule has 1 atom stereocenters. The number of anilines is 1. The quantitative estimate of drug-likeness (QED) is 0.753. The molecule has 1 aromatic carbocycles. The van der Waals surface area contributed by atoms with Gasteiger partial charge in [-0.1, -0.05) is 0 Å². The van der Waals surface area contributed by atoms with E-state index in [1.54, 1.807) is 24.4 Å². The fraction of sp³-hybridized carbons (Fsp3) is 0.409. The molecule has 0 aliphatic carbocycles. The molecule has 4 rings (SSSR count). The SMILES string of the molecule is N#Cc1ccc(N2CCC(N3CC(COc4ccc(F)cc4)OCC3=O)CC2)nc1. The van der Waals surface area contributed by atoms with Crippen LogP contribution >= 0.6 is 0 Å². The summed E-state index contributed by atoms with van der Waals surface area (Å²) in [6, 6.07) is 11.7. The van der Waals surface area contributed by atoms with Gasteiger partial charge in [0.15, 0.2) is 0 Å². The highest BCUT2D eigenvalue weighted by atomic mass is 19.1. The van der Waals surface area contributed by atoms with Crippen molar-refractivity contribution in [3.05, 3.63) is 54.0 Å². The van der Waals surface area contributed by atoms with E-state index in [1.165, 1.54) is 12.1 Å². The van der Waals surface area contributed by atoms with Gasteiger partial charge in [0.1, 0.15) is 42.8 Å². The van der Waals surface area contributed by atoms with Gasteiger partial charge in [0.2, 0.25) is 5.91 Å². The summed E-state index contributed by atoms with van der Waals surface area (Å²) in [5.74, 6) is 1.12. The first-order chi connectivity index (χ1) is 14.6. The minimum atomic E-state index is -0.310. The molecular formula is C22H23FN4O3. The number of hydrogen-bond donors (Lipinski definition) is 0. The van der Waals surface area contributed by atoms with E-state index in [0.717, 1.165) is 31.7 Å². The smallest absolute Gasteiger partial charge is 0.248 e. The normalized spacial score (nSPS) is 20.1. The Morgan fingerprint density at radius 3 is 2.63 bits per heavy atom. The summed E-state index contributed by atoms with van der Waals surface area (Å²) < 4.78 is 24.3. The molecule has 7 nitrogen and oxygen atoms in total. The summed E-state index contributed by atoms with van der Waals surface area (Å²) in [5, 5.41) is 8.90. The van der Waals surface area contributed by atoms with E-state index in [4.69, 9.17) is 14.7 Å². The number of carbonyl (C=O) groups excluding carboxylic acids is 1. The first-order valence-corrected chi connectivity index (χ1v) is 10.0. The Balaban J connectivity index is 1.30. The number of pyridine rings is 1. The standard InChI is InChI=1S/C22H23FN4O3/c23-17-2-4-19(5-3-17)29-14-20-13-27(22(28)15-30-20)18-7-9-26(10-8-18)21-6-1-16(11-24)12-25-21/h1-6,12,18,20H,7-10,13-15H2. The predicted molar refractivity (Wildman–Crippen MR) is 108 cm³/mol. The number of nitriles is 1. The van der Waals surface area contributed by atoms with Gasteiger partial charge in [-0.2, -0.15) is 5.26 Å². The molecule has 3 heterocycles. The van der Waals surface area contributed by atoms with Crippen LogP contribution in [0.4, 0.5) is 10.2 Å². The lowest BCUT2D eigenvalue weighted by molar-refractivity contribution is -0.154. The maximum Gasteiger partial charge on any atom is 0.248 e. The first kappa shape index (κ1) is 20.1. The number of nitrogens with zero attached hydrogens (tertiary/aromatic N) is 4. The summed E-state index contributed by atoms with van der Waals surface area (Å²) in [5.41, 5.74) is 0.543. The van der Waals surface area contributed by atoms with Crippen molar-refractivity contribution in [2.24, 2.45) is 0 Å². The Morgan fingerprint density at radius 2 is 1.97 bits per heavy atom. The average Bonchev–Trinajstić information content (AvgIpc) is 2.80. The Kier molecular flexibility index (Phi) is 6.10. The highest BCUT2D eigenvalue weighted by molar-refractivity contribution is 5.78. The van der Waals surface area contributed by atoms with Gasteiger partial charge in [0.05, 0.1) is 12.1 Å². The molecule has 2 aliphatic rings. The highest BCUT2D eigenvalue weighted by Gasteiger charge is 2.34. The van der Waals surface area contributed by atoms with Crippen molar-refractivity contribution in [1.82, 2.24) is 9.88 Å². The molecule has 1 unspecified atom stereocenters. The second-order valence-electron chi connectivity index (χ2n) is 7.48. The minimum Gasteiger partial charge on any atom is -0.491 e. The van der Waals surface area contributed by atoms with Gasteiger partial charge in [-0.3, -0.25) is 4.79 Å². The molecule has 0 radical (unpaired) electrons. The highest BCUT2D eigenvalue weighted by Crippen LogP contribution is 2.24. The molecule has 1 amide bonds. The molecule has 2 saturated heterocycles. The molecule has 156 valence electrons. The summed E-state index contributed by atoms with van der Waals surface area (Å²) in [4.78, 5) is 20.9. The number of halogens is 1. The van der Waals surface area contributed by atoms with Crippen LogP contribution in [0.1, 0.15) is 18.4 Å². The zero-order valence-corrected chi connectivity index (χ0v) is 16.5. The molecule has 2 aliphatic heterocycles. The number of carbonyl (C=O) groups is 1. The van der Waals surface area contributed by atoms with Crippen LogP contribution in [0, 0.1) is 17.1 Å². The Hall–Kier alpha value is -3.18. The largest absolute Gasteiger partial charge is 0.491 e. The van der Waals surface area contributed by atoms with E-state index in [9.17, 15) is 9.18 Å². The van der Waals surface area contributed by atoms with Crippen LogP contribution in [0.5, 0.6) is 5.75 Å². The average molecular weight is 410 g/mol. The first-order valence-electron chi connectivity index (χ1n) is 10.0. The van der Waals surface area contributed by atoms with Crippen molar-refractivity contribution in [3.63, 3.8) is 0 Å². The number of benzene rings is 1. The predicted octanol–water partition coefficient (Wildman–Crippen LogP) is 2.37. The fourth-order valence-electron chi connectivity index (χ4n) is 3.87. The minimum absolute atomic E-state index is 0.00276. The third kappa shape index (κ3) is 4.69. The van der Waals surface area contributed by atoms with Crippen LogP contribution in [-0.2, 0) is 9.53 Å². The van der Waals surface area contributed by atoms with E-state index in [-0.39, 0.29) is 30.5 Å². The number of piperidine rings is 1. The van der Waals surface area contributed by atoms with Crippen LogP contribution in [0.3, 0.4) is 0 Å². The van der Waals surface area contributed by atoms with Crippen LogP contribution < -0.4 is 9.64 Å². The number of amides is 1. The molecule has 0 spiro atoms. The van der Waals surface area contributed by atoms with Gasteiger partial charge in [-0.15, -0.1) is 0 Å². The number of rotatable bonds is 5. The van der Waals surface area contributed by atoms with Crippen LogP contribution in [0.2, 0.25) is 0 Å². The summed E-state index contributed by atoms with van der Waals surface area (Å²) in [6.07, 6.45) is 3.06. The summed E-state index contributed by atoms with van der Waals surface area (Å²) in [7, 11) is 0. The van der Waals surface area contributed by atoms with Gasteiger partial charge in [-0.05, 0) is 49.2 Å². The van der Waals surface area contributed by atoms with Gasteiger partial charge >= 0.3 is 0 Å². The van der Waals surface area contributed by atoms with Crippen molar-refractivity contribution in [1.29, 1.82) is 5.26 Å².